The van der Waals surface area contributed by atoms with Crippen molar-refractivity contribution in [3.63, 3.8) is 0 Å². The van der Waals surface area contributed by atoms with Crippen molar-refractivity contribution >= 4 is 11.0 Å². The van der Waals surface area contributed by atoms with Gasteiger partial charge < -0.3 is 14.3 Å². The second-order valence-corrected chi connectivity index (χ2v) is 5.36. The van der Waals surface area contributed by atoms with E-state index in [0.29, 0.717) is 23.1 Å². The van der Waals surface area contributed by atoms with Crippen LogP contribution in [0.1, 0.15) is 30.4 Å². The molecule has 1 aromatic heterocycles. The first-order valence-electron chi connectivity index (χ1n) is 7.55. The van der Waals surface area contributed by atoms with Gasteiger partial charge in [-0.1, -0.05) is 43.3 Å². The number of rotatable bonds is 4. The number of aromatic hydroxyl groups is 1. The Kier molecular flexibility index (Phi) is 4.06. The minimum Gasteiger partial charge on any atom is -0.507 e. The average Bonchev–Trinajstić information content (AvgIpc) is 2.59. The molecule has 0 saturated carbocycles. The molecule has 1 atom stereocenters. The molecule has 0 spiro atoms. The fraction of sp³-hybridized carbons (Fsp3) is 0.211. The molecule has 118 valence electrons. The van der Waals surface area contributed by atoms with Gasteiger partial charge in [0.1, 0.15) is 5.75 Å². The molecule has 3 rings (SSSR count). The lowest BCUT2D eigenvalue weighted by Crippen LogP contribution is -2.14. The minimum atomic E-state index is -0.532. The summed E-state index contributed by atoms with van der Waals surface area (Å²) in [6.07, 6.45) is 0.678. The number of hydrogen-bond acceptors (Lipinski definition) is 4. The number of hydrogen-bond donors (Lipinski definition) is 1. The Morgan fingerprint density at radius 2 is 1.87 bits per heavy atom. The van der Waals surface area contributed by atoms with Crippen molar-refractivity contribution in [3.8, 4) is 11.5 Å². The van der Waals surface area contributed by atoms with Crippen molar-refractivity contribution in [1.29, 1.82) is 0 Å². The number of methoxy groups -OCH3 is 1. The molecule has 0 aliphatic carbocycles. The van der Waals surface area contributed by atoms with Gasteiger partial charge in [0.2, 0.25) is 0 Å². The summed E-state index contributed by atoms with van der Waals surface area (Å²) in [4.78, 5) is 12.5. The van der Waals surface area contributed by atoms with E-state index >= 15 is 0 Å². The van der Waals surface area contributed by atoms with E-state index in [-0.39, 0.29) is 17.3 Å². The number of para-hydroxylation sites is 1. The van der Waals surface area contributed by atoms with Gasteiger partial charge in [-0.15, -0.1) is 0 Å². The highest BCUT2D eigenvalue weighted by Crippen LogP contribution is 2.38. The molecule has 4 heteroatoms. The zero-order valence-corrected chi connectivity index (χ0v) is 13.1. The van der Waals surface area contributed by atoms with Crippen LogP contribution >= 0.6 is 0 Å². The molecule has 4 nitrogen and oxygen atoms in total. The van der Waals surface area contributed by atoms with Crippen molar-refractivity contribution in [2.24, 2.45) is 0 Å². The average molecular weight is 310 g/mol. The van der Waals surface area contributed by atoms with Gasteiger partial charge >= 0.3 is 5.63 Å². The van der Waals surface area contributed by atoms with Crippen molar-refractivity contribution < 1.29 is 14.3 Å². The Balaban J connectivity index is 2.28. The normalized spacial score (nSPS) is 12.3. The first-order valence-corrected chi connectivity index (χ1v) is 7.55. The first kappa shape index (κ1) is 15.2. The van der Waals surface area contributed by atoms with Gasteiger partial charge in [-0.05, 0) is 24.1 Å². The van der Waals surface area contributed by atoms with Gasteiger partial charge in [-0.3, -0.25) is 0 Å². The van der Waals surface area contributed by atoms with Crippen LogP contribution in [-0.4, -0.2) is 12.2 Å². The fourth-order valence-corrected chi connectivity index (χ4v) is 2.96. The predicted octanol–water partition coefficient (Wildman–Crippen LogP) is 4.05. The highest BCUT2D eigenvalue weighted by Gasteiger charge is 2.24. The van der Waals surface area contributed by atoms with Gasteiger partial charge in [-0.2, -0.15) is 0 Å². The second kappa shape index (κ2) is 6.16. The largest absolute Gasteiger partial charge is 0.507 e. The number of ether oxygens (including phenoxy) is 1. The minimum absolute atomic E-state index is 0.0362. The van der Waals surface area contributed by atoms with Crippen LogP contribution in [0.2, 0.25) is 0 Å². The standard InChI is InChI=1S/C19H18O4/c1-3-13(12-8-5-4-6-9-12)16-17(20)14-10-7-11-15(22-2)18(14)23-19(16)21/h4-11,13,20H,3H2,1-2H3. The molecule has 1 N–H and O–H groups in total. The Labute approximate surface area is 134 Å². The van der Waals surface area contributed by atoms with E-state index in [0.717, 1.165) is 5.56 Å². The van der Waals surface area contributed by atoms with Crippen molar-refractivity contribution in [2.45, 2.75) is 19.3 Å². The molecular formula is C19H18O4. The van der Waals surface area contributed by atoms with Gasteiger partial charge in [0.25, 0.3) is 0 Å². The van der Waals surface area contributed by atoms with Crippen LogP contribution in [0.4, 0.5) is 0 Å². The summed E-state index contributed by atoms with van der Waals surface area (Å²) in [5, 5.41) is 11.2. The maximum atomic E-state index is 12.5. The summed E-state index contributed by atoms with van der Waals surface area (Å²) in [6, 6.07) is 14.8. The number of benzene rings is 2. The highest BCUT2D eigenvalue weighted by atomic mass is 16.5. The quantitative estimate of drug-likeness (QED) is 0.739. The van der Waals surface area contributed by atoms with Gasteiger partial charge in [-0.25, -0.2) is 4.79 Å². The summed E-state index contributed by atoms with van der Waals surface area (Å²) in [7, 11) is 1.50. The maximum absolute atomic E-state index is 12.5. The lowest BCUT2D eigenvalue weighted by molar-refractivity contribution is 0.401. The predicted molar refractivity (Wildman–Crippen MR) is 89.3 cm³/mol. The molecule has 0 aliphatic heterocycles. The first-order chi connectivity index (χ1) is 11.2. The molecule has 0 saturated heterocycles. The summed E-state index contributed by atoms with van der Waals surface area (Å²) in [5.41, 5.74) is 0.999. The van der Waals surface area contributed by atoms with Crippen LogP contribution in [0.3, 0.4) is 0 Å². The summed E-state index contributed by atoms with van der Waals surface area (Å²) >= 11 is 0. The van der Waals surface area contributed by atoms with E-state index in [1.807, 2.05) is 37.3 Å². The topological polar surface area (TPSA) is 59.7 Å². The van der Waals surface area contributed by atoms with Crippen molar-refractivity contribution in [3.05, 3.63) is 70.1 Å². The molecule has 3 aromatic rings. The Bertz CT molecular complexity index is 881. The molecule has 0 aliphatic rings. The van der Waals surface area contributed by atoms with E-state index < -0.39 is 5.63 Å². The lowest BCUT2D eigenvalue weighted by atomic mass is 9.89. The zero-order chi connectivity index (χ0) is 16.4. The van der Waals surface area contributed by atoms with Crippen molar-refractivity contribution in [1.82, 2.24) is 0 Å². The second-order valence-electron chi connectivity index (χ2n) is 5.36. The smallest absolute Gasteiger partial charge is 0.343 e. The van der Waals surface area contributed by atoms with Crippen LogP contribution < -0.4 is 10.4 Å². The van der Waals surface area contributed by atoms with Crippen molar-refractivity contribution in [2.75, 3.05) is 7.11 Å². The SMILES string of the molecule is CCC(c1ccccc1)c1c(O)c2cccc(OC)c2oc1=O. The molecule has 1 unspecified atom stereocenters. The van der Waals surface area contributed by atoms with Crippen LogP contribution in [0.5, 0.6) is 11.5 Å². The molecule has 2 aromatic carbocycles. The van der Waals surface area contributed by atoms with Gasteiger partial charge in [0, 0.05) is 5.92 Å². The molecule has 23 heavy (non-hydrogen) atoms. The Morgan fingerprint density at radius 3 is 2.52 bits per heavy atom. The van der Waals surface area contributed by atoms with E-state index in [9.17, 15) is 9.90 Å². The van der Waals surface area contributed by atoms with Crippen LogP contribution in [0.15, 0.2) is 57.7 Å². The molecule has 0 fully saturated rings. The van der Waals surface area contributed by atoms with E-state index in [4.69, 9.17) is 9.15 Å². The summed E-state index contributed by atoms with van der Waals surface area (Å²) in [6.45, 7) is 1.98. The van der Waals surface area contributed by atoms with E-state index in [1.54, 1.807) is 18.2 Å². The summed E-state index contributed by atoms with van der Waals surface area (Å²) < 4.78 is 10.7. The fourth-order valence-electron chi connectivity index (χ4n) is 2.96. The Morgan fingerprint density at radius 1 is 1.13 bits per heavy atom. The highest BCUT2D eigenvalue weighted by molar-refractivity contribution is 5.88. The molecular weight excluding hydrogens is 292 g/mol. The van der Waals surface area contributed by atoms with E-state index in [1.165, 1.54) is 7.11 Å². The molecule has 0 radical (unpaired) electrons. The summed E-state index contributed by atoms with van der Waals surface area (Å²) in [5.74, 6) is 0.170. The van der Waals surface area contributed by atoms with Crippen LogP contribution in [0.25, 0.3) is 11.0 Å². The van der Waals surface area contributed by atoms with Crippen LogP contribution in [-0.2, 0) is 0 Å². The Hall–Kier alpha value is -2.75. The number of fused-ring (bicyclic) bond motifs is 1. The van der Waals surface area contributed by atoms with E-state index in [2.05, 4.69) is 0 Å². The van der Waals surface area contributed by atoms with Crippen LogP contribution in [0, 0.1) is 0 Å². The molecule has 0 bridgehead atoms. The third kappa shape index (κ3) is 2.57. The molecule has 1 heterocycles. The third-order valence-corrected chi connectivity index (χ3v) is 4.08. The maximum Gasteiger partial charge on any atom is 0.343 e. The van der Waals surface area contributed by atoms with Gasteiger partial charge in [0.05, 0.1) is 18.1 Å². The zero-order valence-electron chi connectivity index (χ0n) is 13.1. The lowest BCUT2D eigenvalue weighted by Gasteiger charge is -2.17. The van der Waals surface area contributed by atoms with Gasteiger partial charge in [0.15, 0.2) is 11.3 Å². The molecule has 0 amide bonds. The third-order valence-electron chi connectivity index (χ3n) is 4.08. The monoisotopic (exact) mass is 310 g/mol.